The second kappa shape index (κ2) is 7.76. The molecule has 1 unspecified atom stereocenters. The summed E-state index contributed by atoms with van der Waals surface area (Å²) < 4.78 is 7.65. The Morgan fingerprint density at radius 2 is 2.20 bits per heavy atom. The van der Waals surface area contributed by atoms with Crippen molar-refractivity contribution in [1.82, 2.24) is 14.7 Å². The Morgan fingerprint density at radius 3 is 2.85 bits per heavy atom. The average molecular weight is 281 g/mol. The highest BCUT2D eigenvalue weighted by Crippen LogP contribution is 2.16. The van der Waals surface area contributed by atoms with Crippen molar-refractivity contribution in [1.29, 1.82) is 0 Å². The van der Waals surface area contributed by atoms with E-state index < -0.39 is 0 Å². The van der Waals surface area contributed by atoms with E-state index >= 15 is 0 Å². The number of hydrogen-bond donors (Lipinski definition) is 1. The fraction of sp³-hybridized carbons (Fsp3) is 0.800. The van der Waals surface area contributed by atoms with Gasteiger partial charge in [0.2, 0.25) is 0 Å². The standard InChI is InChI=1S/C15H27N3O2/c1-3-13(2)18-9-4-14(16-18)12-17-7-5-15(6-8-17)20-11-10-19/h4,9,13,15,19H,3,5-8,10-12H2,1-2H3. The third-order valence-corrected chi connectivity index (χ3v) is 4.07. The van der Waals surface area contributed by atoms with Crippen LogP contribution in [0.15, 0.2) is 12.3 Å². The molecule has 1 atom stereocenters. The van der Waals surface area contributed by atoms with Gasteiger partial charge in [-0.2, -0.15) is 5.10 Å². The lowest BCUT2D eigenvalue weighted by molar-refractivity contribution is -0.00921. The highest BCUT2D eigenvalue weighted by molar-refractivity contribution is 5.00. The van der Waals surface area contributed by atoms with Gasteiger partial charge in [0.05, 0.1) is 25.0 Å². The first kappa shape index (κ1) is 15.5. The third kappa shape index (κ3) is 4.30. The molecule has 0 aliphatic carbocycles. The van der Waals surface area contributed by atoms with E-state index in [1.54, 1.807) is 0 Å². The Morgan fingerprint density at radius 1 is 1.45 bits per heavy atom. The van der Waals surface area contributed by atoms with E-state index in [1.165, 1.54) is 0 Å². The predicted octanol–water partition coefficient (Wildman–Crippen LogP) is 1.83. The van der Waals surface area contributed by atoms with Gasteiger partial charge in [-0.3, -0.25) is 9.58 Å². The molecule has 0 radical (unpaired) electrons. The molecular weight excluding hydrogens is 254 g/mol. The summed E-state index contributed by atoms with van der Waals surface area (Å²) in [5.74, 6) is 0. The van der Waals surface area contributed by atoms with Crippen LogP contribution in [-0.4, -0.2) is 52.2 Å². The van der Waals surface area contributed by atoms with E-state index in [1.807, 2.05) is 0 Å². The number of aromatic nitrogens is 2. The Bertz CT molecular complexity index is 386. The normalized spacial score (nSPS) is 19.4. The van der Waals surface area contributed by atoms with Crippen molar-refractivity contribution < 1.29 is 9.84 Å². The maximum atomic E-state index is 8.77. The average Bonchev–Trinajstić information content (AvgIpc) is 2.94. The van der Waals surface area contributed by atoms with Crippen LogP contribution in [0.1, 0.15) is 44.8 Å². The van der Waals surface area contributed by atoms with E-state index in [0.29, 0.717) is 18.8 Å². The van der Waals surface area contributed by atoms with E-state index in [4.69, 9.17) is 9.84 Å². The van der Waals surface area contributed by atoms with Crippen LogP contribution in [0.4, 0.5) is 0 Å². The van der Waals surface area contributed by atoms with Crippen molar-refractivity contribution in [2.75, 3.05) is 26.3 Å². The second-order valence-electron chi connectivity index (χ2n) is 5.61. The van der Waals surface area contributed by atoms with Crippen LogP contribution in [-0.2, 0) is 11.3 Å². The largest absolute Gasteiger partial charge is 0.394 e. The molecule has 1 aliphatic heterocycles. The Hall–Kier alpha value is -0.910. The summed E-state index contributed by atoms with van der Waals surface area (Å²) in [6, 6.07) is 2.60. The van der Waals surface area contributed by atoms with Crippen LogP contribution in [0, 0.1) is 0 Å². The SMILES string of the molecule is CCC(C)n1ccc(CN2CCC(OCCO)CC2)n1. The van der Waals surface area contributed by atoms with Gasteiger partial charge in [-0.15, -0.1) is 0 Å². The third-order valence-electron chi connectivity index (χ3n) is 4.07. The number of piperidine rings is 1. The monoisotopic (exact) mass is 281 g/mol. The summed E-state index contributed by atoms with van der Waals surface area (Å²) in [5, 5.41) is 13.4. The number of likely N-dealkylation sites (tertiary alicyclic amines) is 1. The van der Waals surface area contributed by atoms with Gasteiger partial charge in [0.25, 0.3) is 0 Å². The first-order chi connectivity index (χ1) is 9.72. The fourth-order valence-electron chi connectivity index (χ4n) is 2.58. The van der Waals surface area contributed by atoms with Crippen molar-refractivity contribution in [2.24, 2.45) is 0 Å². The summed E-state index contributed by atoms with van der Waals surface area (Å²) in [6.07, 6.45) is 5.60. The molecule has 1 saturated heterocycles. The Balaban J connectivity index is 1.76. The summed E-state index contributed by atoms with van der Waals surface area (Å²) in [4.78, 5) is 2.43. The number of rotatable bonds is 7. The van der Waals surface area contributed by atoms with Crippen LogP contribution in [0.2, 0.25) is 0 Å². The molecule has 5 heteroatoms. The molecule has 5 nitrogen and oxygen atoms in total. The van der Waals surface area contributed by atoms with Crippen LogP contribution in [0.3, 0.4) is 0 Å². The van der Waals surface area contributed by atoms with E-state index in [0.717, 1.165) is 44.6 Å². The van der Waals surface area contributed by atoms with Crippen LogP contribution in [0.5, 0.6) is 0 Å². The molecule has 2 rings (SSSR count). The molecule has 1 N–H and O–H groups in total. The maximum absolute atomic E-state index is 8.77. The second-order valence-corrected chi connectivity index (χ2v) is 5.61. The van der Waals surface area contributed by atoms with E-state index in [9.17, 15) is 0 Å². The molecule has 0 bridgehead atoms. The van der Waals surface area contributed by atoms with Crippen LogP contribution < -0.4 is 0 Å². The summed E-state index contributed by atoms with van der Waals surface area (Å²) in [5.41, 5.74) is 1.15. The van der Waals surface area contributed by atoms with Crippen molar-refractivity contribution in [3.05, 3.63) is 18.0 Å². The van der Waals surface area contributed by atoms with E-state index in [-0.39, 0.29) is 6.61 Å². The Kier molecular flexibility index (Phi) is 6.01. The van der Waals surface area contributed by atoms with Crippen molar-refractivity contribution in [2.45, 2.75) is 51.8 Å². The molecule has 0 amide bonds. The quantitative estimate of drug-likeness (QED) is 0.828. The molecular formula is C15H27N3O2. The summed E-state index contributed by atoms with van der Waals surface area (Å²) >= 11 is 0. The fourth-order valence-corrected chi connectivity index (χ4v) is 2.58. The lowest BCUT2D eigenvalue weighted by atomic mass is 10.1. The lowest BCUT2D eigenvalue weighted by Crippen LogP contribution is -2.37. The highest BCUT2D eigenvalue weighted by atomic mass is 16.5. The minimum Gasteiger partial charge on any atom is -0.394 e. The minimum absolute atomic E-state index is 0.118. The van der Waals surface area contributed by atoms with Gasteiger partial charge in [0.15, 0.2) is 0 Å². The zero-order valence-electron chi connectivity index (χ0n) is 12.7. The maximum Gasteiger partial charge on any atom is 0.0764 e. The minimum atomic E-state index is 0.118. The van der Waals surface area contributed by atoms with Crippen molar-refractivity contribution in [3.63, 3.8) is 0 Å². The van der Waals surface area contributed by atoms with Crippen LogP contribution >= 0.6 is 0 Å². The smallest absolute Gasteiger partial charge is 0.0764 e. The first-order valence-corrected chi connectivity index (χ1v) is 7.71. The van der Waals surface area contributed by atoms with E-state index in [2.05, 4.69) is 40.8 Å². The number of aliphatic hydroxyl groups excluding tert-OH is 1. The number of ether oxygens (including phenoxy) is 1. The molecule has 2 heterocycles. The zero-order valence-corrected chi connectivity index (χ0v) is 12.7. The number of hydrogen-bond acceptors (Lipinski definition) is 4. The molecule has 0 aromatic carbocycles. The predicted molar refractivity (Wildman–Crippen MR) is 78.6 cm³/mol. The van der Waals surface area contributed by atoms with Crippen molar-refractivity contribution >= 4 is 0 Å². The number of nitrogens with zero attached hydrogens (tertiary/aromatic N) is 3. The molecule has 0 saturated carbocycles. The van der Waals surface area contributed by atoms with Gasteiger partial charge < -0.3 is 9.84 Å². The highest BCUT2D eigenvalue weighted by Gasteiger charge is 2.20. The molecule has 114 valence electrons. The first-order valence-electron chi connectivity index (χ1n) is 7.71. The molecule has 1 fully saturated rings. The lowest BCUT2D eigenvalue weighted by Gasteiger charge is -2.31. The summed E-state index contributed by atoms with van der Waals surface area (Å²) in [7, 11) is 0. The zero-order chi connectivity index (χ0) is 14.4. The number of aliphatic hydroxyl groups is 1. The molecule has 0 spiro atoms. The van der Waals surface area contributed by atoms with Gasteiger partial charge >= 0.3 is 0 Å². The Labute approximate surface area is 121 Å². The van der Waals surface area contributed by atoms with Crippen LogP contribution in [0.25, 0.3) is 0 Å². The molecule has 1 aromatic heterocycles. The van der Waals surface area contributed by atoms with Gasteiger partial charge in [-0.1, -0.05) is 6.92 Å². The molecule has 1 aromatic rings. The van der Waals surface area contributed by atoms with Gasteiger partial charge in [0.1, 0.15) is 0 Å². The molecule has 20 heavy (non-hydrogen) atoms. The van der Waals surface area contributed by atoms with Gasteiger partial charge in [0, 0.05) is 31.9 Å². The van der Waals surface area contributed by atoms with Crippen molar-refractivity contribution in [3.8, 4) is 0 Å². The van der Waals surface area contributed by atoms with Gasteiger partial charge in [-0.05, 0) is 32.3 Å². The molecule has 1 aliphatic rings. The topological polar surface area (TPSA) is 50.5 Å². The summed E-state index contributed by atoms with van der Waals surface area (Å²) in [6.45, 7) is 7.98. The van der Waals surface area contributed by atoms with Gasteiger partial charge in [-0.25, -0.2) is 0 Å².